The van der Waals surface area contributed by atoms with E-state index in [1.807, 2.05) is 0 Å². The highest BCUT2D eigenvalue weighted by atomic mass is 16.5. The monoisotopic (exact) mass is 264 g/mol. The first-order valence-corrected chi connectivity index (χ1v) is 6.46. The van der Waals surface area contributed by atoms with E-state index in [-0.39, 0.29) is 5.56 Å². The maximum Gasteiger partial charge on any atom is 0.335 e. The van der Waals surface area contributed by atoms with Gasteiger partial charge in [0, 0.05) is 6.04 Å². The molecule has 1 heterocycles. The van der Waals surface area contributed by atoms with Crippen LogP contribution < -0.4 is 10.1 Å². The second-order valence-corrected chi connectivity index (χ2v) is 4.94. The van der Waals surface area contributed by atoms with Crippen molar-refractivity contribution < 1.29 is 14.6 Å². The lowest BCUT2D eigenvalue weighted by atomic mass is 10.0. The van der Waals surface area contributed by atoms with Gasteiger partial charge in [-0.3, -0.25) is 0 Å². The molecular formula is C14H20N2O3. The van der Waals surface area contributed by atoms with Gasteiger partial charge in [0.2, 0.25) is 0 Å². The summed E-state index contributed by atoms with van der Waals surface area (Å²) in [4.78, 5) is 13.3. The number of piperidine rings is 1. The van der Waals surface area contributed by atoms with E-state index in [0.717, 1.165) is 31.6 Å². The van der Waals surface area contributed by atoms with Crippen LogP contribution in [0.15, 0.2) is 18.2 Å². The number of likely N-dealkylation sites (tertiary alicyclic amines) is 1. The first kappa shape index (κ1) is 13.7. The van der Waals surface area contributed by atoms with E-state index in [2.05, 4.69) is 17.3 Å². The average molecular weight is 264 g/mol. The van der Waals surface area contributed by atoms with Gasteiger partial charge in [-0.05, 0) is 51.2 Å². The topological polar surface area (TPSA) is 61.8 Å². The van der Waals surface area contributed by atoms with Crippen molar-refractivity contribution in [3.05, 3.63) is 23.8 Å². The average Bonchev–Trinajstić information content (AvgIpc) is 2.41. The van der Waals surface area contributed by atoms with Gasteiger partial charge in [0.15, 0.2) is 0 Å². The standard InChI is InChI=1S/C14H20N2O3/c1-16-7-5-11(6-8-16)15-12-9-10(14(17)18)3-4-13(12)19-2/h3-4,9,11,15H,5-8H2,1-2H3,(H,17,18). The number of anilines is 1. The number of methoxy groups -OCH3 is 1. The van der Waals surface area contributed by atoms with Gasteiger partial charge in [-0.1, -0.05) is 0 Å². The number of hydrogen-bond acceptors (Lipinski definition) is 4. The molecule has 2 rings (SSSR count). The summed E-state index contributed by atoms with van der Waals surface area (Å²) in [7, 11) is 3.71. The second kappa shape index (κ2) is 5.93. The fourth-order valence-electron chi connectivity index (χ4n) is 2.33. The van der Waals surface area contributed by atoms with Gasteiger partial charge >= 0.3 is 5.97 Å². The Morgan fingerprint density at radius 3 is 2.68 bits per heavy atom. The normalized spacial score (nSPS) is 17.2. The van der Waals surface area contributed by atoms with Gasteiger partial charge in [0.05, 0.1) is 18.4 Å². The number of carbonyl (C=O) groups is 1. The van der Waals surface area contributed by atoms with Crippen LogP contribution in [0, 0.1) is 0 Å². The largest absolute Gasteiger partial charge is 0.495 e. The van der Waals surface area contributed by atoms with Crippen molar-refractivity contribution in [2.24, 2.45) is 0 Å². The summed E-state index contributed by atoms with van der Waals surface area (Å²) in [5.41, 5.74) is 1.04. The molecule has 5 nitrogen and oxygen atoms in total. The minimum atomic E-state index is -0.922. The number of carboxylic acid groups (broad SMARTS) is 1. The first-order chi connectivity index (χ1) is 9.10. The van der Waals surface area contributed by atoms with Crippen LogP contribution in [0.3, 0.4) is 0 Å². The number of aromatic carboxylic acids is 1. The number of nitrogens with one attached hydrogen (secondary N) is 1. The lowest BCUT2D eigenvalue weighted by molar-refractivity contribution is 0.0697. The molecule has 1 aliphatic heterocycles. The van der Waals surface area contributed by atoms with Crippen molar-refractivity contribution in [3.8, 4) is 5.75 Å². The van der Waals surface area contributed by atoms with Crippen molar-refractivity contribution in [1.29, 1.82) is 0 Å². The van der Waals surface area contributed by atoms with E-state index >= 15 is 0 Å². The van der Waals surface area contributed by atoms with Crippen molar-refractivity contribution in [1.82, 2.24) is 4.90 Å². The molecule has 19 heavy (non-hydrogen) atoms. The minimum Gasteiger partial charge on any atom is -0.495 e. The van der Waals surface area contributed by atoms with Crippen LogP contribution in [-0.4, -0.2) is 49.3 Å². The van der Waals surface area contributed by atoms with Crippen LogP contribution in [0.1, 0.15) is 23.2 Å². The molecule has 2 N–H and O–H groups in total. The molecule has 1 fully saturated rings. The number of carboxylic acids is 1. The third-order valence-corrected chi connectivity index (χ3v) is 3.52. The van der Waals surface area contributed by atoms with Crippen LogP contribution in [-0.2, 0) is 0 Å². The van der Waals surface area contributed by atoms with Crippen LogP contribution in [0.2, 0.25) is 0 Å². The van der Waals surface area contributed by atoms with Gasteiger partial charge in [-0.2, -0.15) is 0 Å². The molecule has 0 atom stereocenters. The highest BCUT2D eigenvalue weighted by Crippen LogP contribution is 2.27. The lowest BCUT2D eigenvalue weighted by Gasteiger charge is -2.30. The molecule has 0 radical (unpaired) electrons. The molecular weight excluding hydrogens is 244 g/mol. The summed E-state index contributed by atoms with van der Waals surface area (Å²) in [6, 6.07) is 5.26. The molecule has 1 aromatic rings. The molecule has 1 aliphatic rings. The smallest absolute Gasteiger partial charge is 0.335 e. The fourth-order valence-corrected chi connectivity index (χ4v) is 2.33. The summed E-state index contributed by atoms with van der Waals surface area (Å²) in [5.74, 6) is -0.238. The molecule has 1 saturated heterocycles. The highest BCUT2D eigenvalue weighted by molar-refractivity contribution is 5.89. The third kappa shape index (κ3) is 3.38. The Bertz CT molecular complexity index is 454. The summed E-state index contributed by atoms with van der Waals surface area (Å²) in [5, 5.41) is 12.4. The highest BCUT2D eigenvalue weighted by Gasteiger charge is 2.18. The van der Waals surface area contributed by atoms with Gasteiger partial charge in [0.25, 0.3) is 0 Å². The zero-order valence-electron chi connectivity index (χ0n) is 11.3. The molecule has 0 amide bonds. The van der Waals surface area contributed by atoms with E-state index in [0.29, 0.717) is 11.8 Å². The third-order valence-electron chi connectivity index (χ3n) is 3.52. The van der Waals surface area contributed by atoms with Crippen molar-refractivity contribution in [2.75, 3.05) is 32.6 Å². The number of benzene rings is 1. The Hall–Kier alpha value is -1.75. The maximum absolute atomic E-state index is 11.0. The summed E-state index contributed by atoms with van der Waals surface area (Å²) < 4.78 is 5.28. The molecule has 0 unspecified atom stereocenters. The number of nitrogens with zero attached hydrogens (tertiary/aromatic N) is 1. The number of ether oxygens (including phenoxy) is 1. The van der Waals surface area contributed by atoms with Gasteiger partial charge in [-0.25, -0.2) is 4.79 Å². The molecule has 0 bridgehead atoms. The Morgan fingerprint density at radius 2 is 2.11 bits per heavy atom. The number of hydrogen-bond donors (Lipinski definition) is 2. The van der Waals surface area contributed by atoms with Crippen LogP contribution in [0.4, 0.5) is 5.69 Å². The number of rotatable bonds is 4. The Balaban J connectivity index is 2.13. The summed E-state index contributed by atoms with van der Waals surface area (Å²) >= 11 is 0. The van der Waals surface area contributed by atoms with E-state index in [1.54, 1.807) is 25.3 Å². The van der Waals surface area contributed by atoms with Crippen LogP contribution >= 0.6 is 0 Å². The molecule has 1 aromatic carbocycles. The predicted molar refractivity (Wildman–Crippen MR) is 74.1 cm³/mol. The molecule has 104 valence electrons. The Labute approximate surface area is 113 Å². The van der Waals surface area contributed by atoms with Crippen molar-refractivity contribution in [2.45, 2.75) is 18.9 Å². The van der Waals surface area contributed by atoms with Gasteiger partial charge in [0.1, 0.15) is 5.75 Å². The molecule has 0 aliphatic carbocycles. The zero-order chi connectivity index (χ0) is 13.8. The van der Waals surface area contributed by atoms with E-state index in [4.69, 9.17) is 9.84 Å². The van der Waals surface area contributed by atoms with Crippen LogP contribution in [0.25, 0.3) is 0 Å². The van der Waals surface area contributed by atoms with E-state index in [1.165, 1.54) is 0 Å². The Kier molecular flexibility index (Phi) is 4.27. The van der Waals surface area contributed by atoms with Gasteiger partial charge < -0.3 is 20.1 Å². The van der Waals surface area contributed by atoms with E-state index < -0.39 is 5.97 Å². The van der Waals surface area contributed by atoms with Crippen molar-refractivity contribution >= 4 is 11.7 Å². The summed E-state index contributed by atoms with van der Waals surface area (Å²) in [6.07, 6.45) is 2.11. The predicted octanol–water partition coefficient (Wildman–Crippen LogP) is 1.90. The quantitative estimate of drug-likeness (QED) is 0.869. The Morgan fingerprint density at radius 1 is 1.42 bits per heavy atom. The zero-order valence-corrected chi connectivity index (χ0v) is 11.3. The molecule has 0 spiro atoms. The molecule has 0 saturated carbocycles. The molecule has 0 aromatic heterocycles. The van der Waals surface area contributed by atoms with Gasteiger partial charge in [-0.15, -0.1) is 0 Å². The maximum atomic E-state index is 11.0. The summed E-state index contributed by atoms with van der Waals surface area (Å²) in [6.45, 7) is 2.11. The van der Waals surface area contributed by atoms with Crippen LogP contribution in [0.5, 0.6) is 5.75 Å². The lowest BCUT2D eigenvalue weighted by Crippen LogP contribution is -2.36. The molecule has 5 heteroatoms. The second-order valence-electron chi connectivity index (χ2n) is 4.94. The van der Waals surface area contributed by atoms with E-state index in [9.17, 15) is 4.79 Å². The minimum absolute atomic E-state index is 0.274. The fraction of sp³-hybridized carbons (Fsp3) is 0.500. The first-order valence-electron chi connectivity index (χ1n) is 6.46. The van der Waals surface area contributed by atoms with Crippen molar-refractivity contribution in [3.63, 3.8) is 0 Å². The SMILES string of the molecule is COc1ccc(C(=O)O)cc1NC1CCN(C)CC1.